The molecule has 0 bridgehead atoms. The summed E-state index contributed by atoms with van der Waals surface area (Å²) in [5.74, 6) is 1.24. The Morgan fingerprint density at radius 2 is 1.84 bits per heavy atom. The molecular formula is C22H23Cl2N3O3S. The van der Waals surface area contributed by atoms with Crippen LogP contribution in [0.5, 0.6) is 0 Å². The minimum absolute atomic E-state index is 0.0177. The monoisotopic (exact) mass is 479 g/mol. The van der Waals surface area contributed by atoms with Crippen molar-refractivity contribution in [1.82, 2.24) is 14.4 Å². The summed E-state index contributed by atoms with van der Waals surface area (Å²) in [5.41, 5.74) is 2.34. The zero-order valence-corrected chi connectivity index (χ0v) is 19.6. The van der Waals surface area contributed by atoms with Gasteiger partial charge in [0.25, 0.3) is 0 Å². The number of sulfonamides is 1. The quantitative estimate of drug-likeness (QED) is 0.489. The van der Waals surface area contributed by atoms with Crippen LogP contribution in [0.1, 0.15) is 54.4 Å². The zero-order valence-electron chi connectivity index (χ0n) is 17.3. The van der Waals surface area contributed by atoms with Crippen LogP contribution in [0, 0.1) is 6.92 Å². The molecule has 0 amide bonds. The highest BCUT2D eigenvalue weighted by Gasteiger charge is 2.33. The van der Waals surface area contributed by atoms with E-state index in [9.17, 15) is 8.42 Å². The summed E-state index contributed by atoms with van der Waals surface area (Å²) in [7, 11) is -3.72. The third kappa shape index (κ3) is 4.51. The Morgan fingerprint density at radius 1 is 1.13 bits per heavy atom. The third-order valence-electron chi connectivity index (χ3n) is 5.81. The first-order valence-corrected chi connectivity index (χ1v) is 12.3. The molecule has 0 radical (unpaired) electrons. The van der Waals surface area contributed by atoms with E-state index in [1.165, 1.54) is 22.0 Å². The van der Waals surface area contributed by atoms with Crippen molar-refractivity contribution in [3.05, 3.63) is 75.4 Å². The van der Waals surface area contributed by atoms with Crippen molar-refractivity contribution in [2.45, 2.75) is 43.4 Å². The fourth-order valence-electron chi connectivity index (χ4n) is 3.96. The predicted molar refractivity (Wildman–Crippen MR) is 120 cm³/mol. The summed E-state index contributed by atoms with van der Waals surface area (Å²) in [6.07, 6.45) is 1.19. The van der Waals surface area contributed by atoms with Gasteiger partial charge in [0.2, 0.25) is 15.9 Å². The molecular weight excluding hydrogens is 457 g/mol. The van der Waals surface area contributed by atoms with Gasteiger partial charge >= 0.3 is 0 Å². The van der Waals surface area contributed by atoms with Crippen molar-refractivity contribution in [3.63, 3.8) is 0 Å². The molecule has 0 saturated carbocycles. The molecule has 1 atom stereocenters. The molecule has 0 N–H and O–H groups in total. The number of aromatic nitrogens is 2. The van der Waals surface area contributed by atoms with Crippen LogP contribution in [0.2, 0.25) is 10.0 Å². The van der Waals surface area contributed by atoms with Gasteiger partial charge in [0, 0.05) is 29.9 Å². The molecule has 0 spiro atoms. The molecule has 2 aromatic carbocycles. The summed E-state index contributed by atoms with van der Waals surface area (Å²) in [6, 6.07) is 12.6. The van der Waals surface area contributed by atoms with Gasteiger partial charge in [-0.25, -0.2) is 8.42 Å². The third-order valence-corrected chi connectivity index (χ3v) is 8.43. The maximum Gasteiger partial charge on any atom is 0.244 e. The van der Waals surface area contributed by atoms with Gasteiger partial charge in [0.05, 0.1) is 5.02 Å². The fourth-order valence-corrected chi connectivity index (χ4v) is 6.16. The van der Waals surface area contributed by atoms with Crippen LogP contribution in [0.25, 0.3) is 0 Å². The van der Waals surface area contributed by atoms with Crippen molar-refractivity contribution < 1.29 is 12.9 Å². The summed E-state index contributed by atoms with van der Waals surface area (Å²) in [6.45, 7) is 4.82. The predicted octanol–water partition coefficient (Wildman–Crippen LogP) is 5.40. The van der Waals surface area contributed by atoms with E-state index in [0.29, 0.717) is 42.7 Å². The fraction of sp³-hybridized carbons (Fsp3) is 0.364. The van der Waals surface area contributed by atoms with Crippen LogP contribution < -0.4 is 0 Å². The summed E-state index contributed by atoms with van der Waals surface area (Å²) < 4.78 is 33.0. The van der Waals surface area contributed by atoms with E-state index in [1.54, 1.807) is 6.07 Å². The zero-order chi connectivity index (χ0) is 22.2. The minimum atomic E-state index is -3.72. The van der Waals surface area contributed by atoms with E-state index in [1.807, 2.05) is 12.1 Å². The van der Waals surface area contributed by atoms with Crippen molar-refractivity contribution in [2.75, 3.05) is 13.1 Å². The topological polar surface area (TPSA) is 76.3 Å². The summed E-state index contributed by atoms with van der Waals surface area (Å²) in [4.78, 5) is 4.67. The minimum Gasteiger partial charge on any atom is -0.339 e. The summed E-state index contributed by atoms with van der Waals surface area (Å²) in [5, 5.41) is 4.69. The van der Waals surface area contributed by atoms with Gasteiger partial charge in [0.15, 0.2) is 5.82 Å². The van der Waals surface area contributed by atoms with E-state index in [0.717, 1.165) is 5.56 Å². The Kier molecular flexibility index (Phi) is 6.40. The highest BCUT2D eigenvalue weighted by atomic mass is 35.5. The molecule has 164 valence electrons. The SMILES string of the molecule is Cc1ccccc1[C@H](C)c1noc(C2CCN(S(=O)(=O)c3cc(Cl)ccc3Cl)CC2)n1. The maximum absolute atomic E-state index is 13.0. The normalized spacial score (nSPS) is 17.0. The second-order valence-corrected chi connectivity index (χ2v) is 10.6. The molecule has 9 heteroatoms. The summed E-state index contributed by atoms with van der Waals surface area (Å²) >= 11 is 12.1. The molecule has 0 aliphatic carbocycles. The molecule has 31 heavy (non-hydrogen) atoms. The smallest absolute Gasteiger partial charge is 0.244 e. The number of hydrogen-bond donors (Lipinski definition) is 0. The number of halogens is 2. The average molecular weight is 480 g/mol. The number of piperidine rings is 1. The number of aryl methyl sites for hydroxylation is 1. The van der Waals surface area contributed by atoms with Crippen LogP contribution in [0.4, 0.5) is 0 Å². The molecule has 4 rings (SSSR count). The number of rotatable bonds is 5. The van der Waals surface area contributed by atoms with Gasteiger partial charge < -0.3 is 4.52 Å². The van der Waals surface area contributed by atoms with Gasteiger partial charge in [-0.15, -0.1) is 0 Å². The van der Waals surface area contributed by atoms with Crippen LogP contribution in [-0.4, -0.2) is 36.0 Å². The van der Waals surface area contributed by atoms with Crippen LogP contribution in [0.3, 0.4) is 0 Å². The molecule has 2 heterocycles. The largest absolute Gasteiger partial charge is 0.339 e. The first-order valence-electron chi connectivity index (χ1n) is 10.1. The van der Waals surface area contributed by atoms with E-state index >= 15 is 0 Å². The van der Waals surface area contributed by atoms with Crippen LogP contribution >= 0.6 is 23.2 Å². The van der Waals surface area contributed by atoms with Gasteiger partial charge in [-0.2, -0.15) is 9.29 Å². The van der Waals surface area contributed by atoms with E-state index in [4.69, 9.17) is 27.7 Å². The lowest BCUT2D eigenvalue weighted by molar-refractivity contribution is 0.270. The Morgan fingerprint density at radius 3 is 2.55 bits per heavy atom. The number of hydrogen-bond acceptors (Lipinski definition) is 5. The van der Waals surface area contributed by atoms with Gasteiger partial charge in [-0.05, 0) is 49.1 Å². The lowest BCUT2D eigenvalue weighted by Crippen LogP contribution is -2.38. The van der Waals surface area contributed by atoms with E-state index in [2.05, 4.69) is 36.1 Å². The standard InChI is InChI=1S/C22H23Cl2N3O3S/c1-14-5-3-4-6-18(14)15(2)21-25-22(30-26-21)16-9-11-27(12-10-16)31(28,29)20-13-17(23)7-8-19(20)24/h3-8,13,15-16H,9-12H2,1-2H3/t15-/m0/s1. The van der Waals surface area contributed by atoms with Crippen molar-refractivity contribution >= 4 is 33.2 Å². The van der Waals surface area contributed by atoms with Crippen molar-refractivity contribution in [2.24, 2.45) is 0 Å². The molecule has 1 saturated heterocycles. The van der Waals surface area contributed by atoms with Gasteiger partial charge in [-0.1, -0.05) is 59.5 Å². The Labute approximate surface area is 192 Å². The van der Waals surface area contributed by atoms with Crippen molar-refractivity contribution in [3.8, 4) is 0 Å². The molecule has 1 aliphatic heterocycles. The second-order valence-electron chi connectivity index (χ2n) is 7.82. The Balaban J connectivity index is 1.46. The number of nitrogens with zero attached hydrogens (tertiary/aromatic N) is 3. The first-order chi connectivity index (χ1) is 14.8. The molecule has 1 aliphatic rings. The highest BCUT2D eigenvalue weighted by molar-refractivity contribution is 7.89. The highest BCUT2D eigenvalue weighted by Crippen LogP contribution is 2.34. The molecule has 6 nitrogen and oxygen atoms in total. The lowest BCUT2D eigenvalue weighted by atomic mass is 9.95. The van der Waals surface area contributed by atoms with Crippen LogP contribution in [-0.2, 0) is 10.0 Å². The maximum atomic E-state index is 13.0. The number of benzene rings is 2. The molecule has 0 unspecified atom stereocenters. The lowest BCUT2D eigenvalue weighted by Gasteiger charge is -2.29. The molecule has 3 aromatic rings. The van der Waals surface area contributed by atoms with E-state index < -0.39 is 10.0 Å². The van der Waals surface area contributed by atoms with Gasteiger partial charge in [-0.3, -0.25) is 0 Å². The average Bonchev–Trinajstić information content (AvgIpc) is 3.26. The van der Waals surface area contributed by atoms with Crippen LogP contribution in [0.15, 0.2) is 51.9 Å². The molecule has 1 aromatic heterocycles. The van der Waals surface area contributed by atoms with Crippen molar-refractivity contribution in [1.29, 1.82) is 0 Å². The van der Waals surface area contributed by atoms with E-state index in [-0.39, 0.29) is 21.8 Å². The van der Waals surface area contributed by atoms with Gasteiger partial charge in [0.1, 0.15) is 4.90 Å². The second kappa shape index (κ2) is 8.90. The Hall–Kier alpha value is -1.93. The Bertz CT molecular complexity index is 1190. The molecule has 1 fully saturated rings. The first kappa shape index (κ1) is 22.3.